The first-order chi connectivity index (χ1) is 9.92. The van der Waals surface area contributed by atoms with Gasteiger partial charge in [0.15, 0.2) is 0 Å². The summed E-state index contributed by atoms with van der Waals surface area (Å²) in [5.41, 5.74) is 4.42. The van der Waals surface area contributed by atoms with Crippen molar-refractivity contribution in [2.45, 2.75) is 0 Å². The van der Waals surface area contributed by atoms with Crippen LogP contribution in [0.5, 0.6) is 0 Å². The molecule has 0 radical (unpaired) electrons. The summed E-state index contributed by atoms with van der Waals surface area (Å²) in [6.45, 7) is 0. The maximum atomic E-state index is 5.12. The van der Waals surface area contributed by atoms with Crippen LogP contribution in [0.25, 0.3) is 11.3 Å². The number of furan rings is 1. The molecule has 1 aromatic carbocycles. The Bertz CT molecular complexity index is 695. The molecule has 2 aromatic heterocycles. The van der Waals surface area contributed by atoms with E-state index in [0.717, 1.165) is 11.3 Å². The van der Waals surface area contributed by atoms with Gasteiger partial charge < -0.3 is 4.42 Å². The molecule has 1 N–H and O–H groups in total. The molecule has 6 nitrogen and oxygen atoms in total. The number of hydrogen-bond donors (Lipinski definition) is 1. The molecule has 3 aromatic rings. The summed E-state index contributed by atoms with van der Waals surface area (Å²) in [6, 6.07) is 13.3. The number of benzene rings is 1. The minimum absolute atomic E-state index is 0.328. The fraction of sp³-hybridized carbons (Fsp3) is 0. The van der Waals surface area contributed by atoms with Crippen molar-refractivity contribution in [3.05, 3.63) is 60.7 Å². The van der Waals surface area contributed by atoms with Crippen molar-refractivity contribution in [1.29, 1.82) is 0 Å². The van der Waals surface area contributed by atoms with Gasteiger partial charge in [-0.15, -0.1) is 5.10 Å². The minimum Gasteiger partial charge on any atom is -0.463 e. The Morgan fingerprint density at radius 1 is 1.10 bits per heavy atom. The van der Waals surface area contributed by atoms with E-state index in [2.05, 4.69) is 25.7 Å². The first-order valence-corrected chi connectivity index (χ1v) is 5.99. The van der Waals surface area contributed by atoms with E-state index in [4.69, 9.17) is 4.42 Å². The highest BCUT2D eigenvalue weighted by Crippen LogP contribution is 2.15. The topological polar surface area (TPSA) is 76.2 Å². The summed E-state index contributed by atoms with van der Waals surface area (Å²) < 4.78 is 5.12. The highest BCUT2D eigenvalue weighted by atomic mass is 16.3. The van der Waals surface area contributed by atoms with Gasteiger partial charge in [-0.3, -0.25) is 0 Å². The second-order valence-electron chi connectivity index (χ2n) is 3.92. The van der Waals surface area contributed by atoms with E-state index >= 15 is 0 Å². The highest BCUT2D eigenvalue weighted by Gasteiger charge is 2.01. The lowest BCUT2D eigenvalue weighted by molar-refractivity contribution is 0.560. The molecule has 20 heavy (non-hydrogen) atoms. The Kier molecular flexibility index (Phi) is 3.46. The molecule has 98 valence electrons. The van der Waals surface area contributed by atoms with Crippen LogP contribution >= 0.6 is 0 Å². The predicted molar refractivity (Wildman–Crippen MR) is 75.2 cm³/mol. The van der Waals surface area contributed by atoms with Crippen molar-refractivity contribution in [2.24, 2.45) is 5.10 Å². The molecular weight excluding hydrogens is 254 g/mol. The van der Waals surface area contributed by atoms with Crippen LogP contribution in [0.1, 0.15) is 5.76 Å². The van der Waals surface area contributed by atoms with Crippen molar-refractivity contribution in [1.82, 2.24) is 15.2 Å². The number of aromatic nitrogens is 3. The Hall–Kier alpha value is -3.02. The molecule has 0 aliphatic rings. The van der Waals surface area contributed by atoms with Crippen LogP contribution in [0.2, 0.25) is 0 Å². The molecule has 0 spiro atoms. The van der Waals surface area contributed by atoms with Gasteiger partial charge in [0.05, 0.1) is 24.4 Å². The molecule has 0 fully saturated rings. The van der Waals surface area contributed by atoms with Gasteiger partial charge in [-0.25, -0.2) is 10.4 Å². The SMILES string of the molecule is C(=N/Nc1nncc(-c2ccccc2)n1)/c1ccco1. The first-order valence-electron chi connectivity index (χ1n) is 5.99. The fourth-order valence-electron chi connectivity index (χ4n) is 1.62. The third-order valence-corrected chi connectivity index (χ3v) is 2.53. The molecule has 0 aliphatic heterocycles. The number of rotatable bonds is 4. The maximum Gasteiger partial charge on any atom is 0.263 e. The largest absolute Gasteiger partial charge is 0.463 e. The van der Waals surface area contributed by atoms with Crippen molar-refractivity contribution in [2.75, 3.05) is 5.43 Å². The average Bonchev–Trinajstić information content (AvgIpc) is 3.02. The van der Waals surface area contributed by atoms with Gasteiger partial charge in [0.25, 0.3) is 5.95 Å². The Balaban J connectivity index is 1.75. The molecule has 2 heterocycles. The number of nitrogens with zero attached hydrogens (tertiary/aromatic N) is 4. The van der Waals surface area contributed by atoms with E-state index in [1.807, 2.05) is 30.3 Å². The fourth-order valence-corrected chi connectivity index (χ4v) is 1.62. The minimum atomic E-state index is 0.328. The van der Waals surface area contributed by atoms with Gasteiger partial charge in [-0.1, -0.05) is 30.3 Å². The summed E-state index contributed by atoms with van der Waals surface area (Å²) >= 11 is 0. The number of hydrogen-bond acceptors (Lipinski definition) is 6. The predicted octanol–water partition coefficient (Wildman–Crippen LogP) is 2.58. The van der Waals surface area contributed by atoms with E-state index in [1.54, 1.807) is 30.8 Å². The molecule has 0 unspecified atom stereocenters. The Morgan fingerprint density at radius 3 is 2.80 bits per heavy atom. The van der Waals surface area contributed by atoms with E-state index in [1.165, 1.54) is 0 Å². The van der Waals surface area contributed by atoms with Crippen LogP contribution in [0.15, 0.2) is 64.4 Å². The molecule has 3 rings (SSSR count). The Labute approximate surface area is 115 Å². The molecular formula is C14H11N5O. The Morgan fingerprint density at radius 2 is 2.00 bits per heavy atom. The monoisotopic (exact) mass is 265 g/mol. The smallest absolute Gasteiger partial charge is 0.263 e. The van der Waals surface area contributed by atoms with Gasteiger partial charge >= 0.3 is 0 Å². The standard InChI is InChI=1S/C14H11N5O/c1-2-5-11(6-3-1)13-10-16-19-14(17-13)18-15-9-12-7-4-8-20-12/h1-10H,(H,17,18,19)/b15-9-. The van der Waals surface area contributed by atoms with E-state index in [-0.39, 0.29) is 0 Å². The first kappa shape index (κ1) is 12.0. The summed E-state index contributed by atoms with van der Waals surface area (Å²) in [7, 11) is 0. The molecule has 0 aliphatic carbocycles. The second kappa shape index (κ2) is 5.75. The third kappa shape index (κ3) is 2.86. The summed E-state index contributed by atoms with van der Waals surface area (Å²) in [4.78, 5) is 4.33. The van der Waals surface area contributed by atoms with Gasteiger partial charge in [0, 0.05) is 5.56 Å². The molecule has 0 atom stereocenters. The van der Waals surface area contributed by atoms with E-state index in [0.29, 0.717) is 11.7 Å². The molecule has 0 saturated heterocycles. The van der Waals surface area contributed by atoms with Crippen LogP contribution in [-0.2, 0) is 0 Å². The van der Waals surface area contributed by atoms with Crippen LogP contribution in [0.3, 0.4) is 0 Å². The van der Waals surface area contributed by atoms with Gasteiger partial charge in [0.2, 0.25) is 0 Å². The summed E-state index contributed by atoms with van der Waals surface area (Å²) in [5, 5.41) is 11.8. The second-order valence-corrected chi connectivity index (χ2v) is 3.92. The molecule has 0 amide bonds. The van der Waals surface area contributed by atoms with Gasteiger partial charge in [0.1, 0.15) is 5.76 Å². The van der Waals surface area contributed by atoms with Gasteiger partial charge in [-0.05, 0) is 12.1 Å². The zero-order valence-corrected chi connectivity index (χ0v) is 10.5. The molecule has 6 heteroatoms. The zero-order valence-electron chi connectivity index (χ0n) is 10.5. The summed E-state index contributed by atoms with van der Waals surface area (Å²) in [6.07, 6.45) is 4.73. The van der Waals surface area contributed by atoms with Crippen LogP contribution in [0, 0.1) is 0 Å². The number of nitrogens with one attached hydrogen (secondary N) is 1. The van der Waals surface area contributed by atoms with Crippen molar-refractivity contribution < 1.29 is 4.42 Å². The quantitative estimate of drug-likeness (QED) is 0.579. The lowest BCUT2D eigenvalue weighted by Crippen LogP contribution is -1.99. The van der Waals surface area contributed by atoms with Crippen molar-refractivity contribution >= 4 is 12.2 Å². The van der Waals surface area contributed by atoms with Gasteiger partial charge in [-0.2, -0.15) is 10.2 Å². The molecule has 0 saturated carbocycles. The van der Waals surface area contributed by atoms with E-state index in [9.17, 15) is 0 Å². The number of anilines is 1. The van der Waals surface area contributed by atoms with E-state index < -0.39 is 0 Å². The van der Waals surface area contributed by atoms with Crippen LogP contribution in [0.4, 0.5) is 5.95 Å². The maximum absolute atomic E-state index is 5.12. The average molecular weight is 265 g/mol. The van der Waals surface area contributed by atoms with Crippen molar-refractivity contribution in [3.63, 3.8) is 0 Å². The normalized spacial score (nSPS) is 10.8. The lowest BCUT2D eigenvalue weighted by atomic mass is 10.2. The lowest BCUT2D eigenvalue weighted by Gasteiger charge is -2.01. The zero-order chi connectivity index (χ0) is 13.6. The highest BCUT2D eigenvalue weighted by molar-refractivity contribution is 5.76. The summed E-state index contributed by atoms with van der Waals surface area (Å²) in [5.74, 6) is 0.971. The molecule has 0 bridgehead atoms. The number of hydrazone groups is 1. The van der Waals surface area contributed by atoms with Crippen LogP contribution < -0.4 is 5.43 Å². The van der Waals surface area contributed by atoms with Crippen LogP contribution in [-0.4, -0.2) is 21.4 Å². The third-order valence-electron chi connectivity index (χ3n) is 2.53. The van der Waals surface area contributed by atoms with Crippen molar-refractivity contribution in [3.8, 4) is 11.3 Å².